The zero-order valence-electron chi connectivity index (χ0n) is 22.7. The van der Waals surface area contributed by atoms with Crippen molar-refractivity contribution in [2.75, 3.05) is 4.90 Å². The maximum Gasteiger partial charge on any atom is 0.355 e. The molecule has 1 unspecified atom stereocenters. The van der Waals surface area contributed by atoms with Crippen LogP contribution in [0.5, 0.6) is 0 Å². The number of rotatable bonds is 4. The van der Waals surface area contributed by atoms with E-state index in [2.05, 4.69) is 9.98 Å². The van der Waals surface area contributed by atoms with Crippen LogP contribution in [0.2, 0.25) is 5.02 Å². The van der Waals surface area contributed by atoms with Crippen LogP contribution in [0.1, 0.15) is 47.4 Å². The highest BCUT2D eigenvalue weighted by Gasteiger charge is 2.40. The van der Waals surface area contributed by atoms with Crippen LogP contribution in [0.4, 0.5) is 14.9 Å². The number of H-pyrrole nitrogens is 1. The first-order valence-corrected chi connectivity index (χ1v) is 13.7. The van der Waals surface area contributed by atoms with Crippen LogP contribution in [0.3, 0.4) is 0 Å². The Labute approximate surface area is 240 Å². The average Bonchev–Trinajstić information content (AvgIpc) is 3.28. The number of halogens is 2. The summed E-state index contributed by atoms with van der Waals surface area (Å²) in [6, 6.07) is 5.83. The molecule has 4 N–H and O–H groups in total. The normalized spacial score (nSPS) is 20.6. The number of amides is 4. The van der Waals surface area contributed by atoms with Crippen molar-refractivity contribution in [3.05, 3.63) is 75.7 Å². The first-order chi connectivity index (χ1) is 19.4. The number of carbonyl (C=O) groups excluding carboxylic acids is 3. The number of hydrogen-bond donors (Lipinski definition) is 3. The molecule has 2 atom stereocenters. The molecule has 10 heteroatoms. The molecule has 2 aliphatic carbocycles. The van der Waals surface area contributed by atoms with Crippen LogP contribution in [0.25, 0.3) is 22.0 Å². The summed E-state index contributed by atoms with van der Waals surface area (Å²) in [6.07, 6.45) is 6.07. The molecule has 3 aliphatic rings. The van der Waals surface area contributed by atoms with Gasteiger partial charge in [0, 0.05) is 21.7 Å². The molecular weight excluding hydrogens is 547 g/mol. The van der Waals surface area contributed by atoms with Crippen molar-refractivity contribution >= 4 is 51.7 Å². The summed E-state index contributed by atoms with van der Waals surface area (Å²) < 4.78 is 14.3. The van der Waals surface area contributed by atoms with E-state index in [1.54, 1.807) is 32.9 Å². The molecule has 2 heterocycles. The van der Waals surface area contributed by atoms with E-state index in [9.17, 15) is 23.9 Å². The minimum absolute atomic E-state index is 0.0131. The highest BCUT2D eigenvalue weighted by molar-refractivity contribution is 6.36. The Morgan fingerprint density at radius 3 is 2.76 bits per heavy atom. The van der Waals surface area contributed by atoms with Gasteiger partial charge in [0.15, 0.2) is 0 Å². The second-order valence-electron chi connectivity index (χ2n) is 11.4. The van der Waals surface area contributed by atoms with Crippen LogP contribution in [0.15, 0.2) is 53.3 Å². The van der Waals surface area contributed by atoms with E-state index in [-0.39, 0.29) is 22.2 Å². The number of urea groups is 1. The summed E-state index contributed by atoms with van der Waals surface area (Å²) in [5, 5.41) is 11.7. The number of fused-ring (bicyclic) bond motifs is 4. The van der Waals surface area contributed by atoms with E-state index in [4.69, 9.17) is 17.3 Å². The highest BCUT2D eigenvalue weighted by Crippen LogP contribution is 2.46. The van der Waals surface area contributed by atoms with Gasteiger partial charge in [-0.2, -0.15) is 4.99 Å². The van der Waals surface area contributed by atoms with Crippen molar-refractivity contribution in [1.82, 2.24) is 4.98 Å². The van der Waals surface area contributed by atoms with Gasteiger partial charge in [-0.25, -0.2) is 14.1 Å². The van der Waals surface area contributed by atoms with E-state index in [0.29, 0.717) is 40.7 Å². The third-order valence-corrected chi connectivity index (χ3v) is 8.77. The van der Waals surface area contributed by atoms with Gasteiger partial charge in [-0.3, -0.25) is 9.59 Å². The Kier molecular flexibility index (Phi) is 6.28. The first-order valence-electron chi connectivity index (χ1n) is 13.4. The Morgan fingerprint density at radius 2 is 2.05 bits per heavy atom. The summed E-state index contributed by atoms with van der Waals surface area (Å²) in [7, 11) is 0. The Bertz CT molecular complexity index is 1780. The van der Waals surface area contributed by atoms with Crippen molar-refractivity contribution in [1.29, 1.82) is 0 Å². The number of aromatic amines is 1. The summed E-state index contributed by atoms with van der Waals surface area (Å²) >= 11 is 6.87. The van der Waals surface area contributed by atoms with Crippen LogP contribution < -0.4 is 10.6 Å². The maximum absolute atomic E-state index is 14.3. The number of nitrogens with zero attached hydrogens (tertiary/aromatic N) is 2. The molecule has 0 saturated carbocycles. The van der Waals surface area contributed by atoms with Gasteiger partial charge in [-0.15, -0.1) is 0 Å². The zero-order chi connectivity index (χ0) is 29.4. The first kappa shape index (κ1) is 27.1. The Morgan fingerprint density at radius 1 is 1.29 bits per heavy atom. The lowest BCUT2D eigenvalue weighted by Gasteiger charge is -2.32. The fraction of sp³-hybridized carbons (Fsp3) is 0.290. The summed E-state index contributed by atoms with van der Waals surface area (Å²) in [5.74, 6) is -2.94. The molecule has 0 bridgehead atoms. The molecule has 8 nitrogen and oxygen atoms in total. The summed E-state index contributed by atoms with van der Waals surface area (Å²) in [6.45, 7) is 5.36. The molecule has 3 aromatic rings. The molecule has 0 radical (unpaired) electrons. The number of aromatic nitrogens is 1. The SMILES string of the molecule is Cc1c(-c2c(Cl)cc(C(N)=O)c3[nH]c4c(c23)CC[C@H](C(C)(C)O)C4)cccc1N1C(=O)N=C2C(F)=CC=CC2C1=O. The van der Waals surface area contributed by atoms with Gasteiger partial charge in [0.1, 0.15) is 11.7 Å². The molecule has 6 rings (SSSR count). The smallest absolute Gasteiger partial charge is 0.355 e. The quantitative estimate of drug-likeness (QED) is 0.368. The summed E-state index contributed by atoms with van der Waals surface area (Å²) in [4.78, 5) is 47.2. The number of carbonyl (C=O) groups is 3. The molecule has 1 aromatic heterocycles. The van der Waals surface area contributed by atoms with E-state index < -0.39 is 35.2 Å². The third-order valence-electron chi connectivity index (χ3n) is 8.47. The number of imide groups is 1. The standard InChI is InChI=1S/C31H28ClFN4O4/c1-14-16(6-5-9-23(14)37-29(39)18-7-4-8-21(33)26(18)36-30(37)40)24-20(32)13-19(28(34)38)27-25(24)17-11-10-15(31(2,3)41)12-22(17)35-27/h4-9,13,15,18,35,41H,10-12H2,1-3H3,(H2,34,38)/t15-,18?/m0/s1. The maximum atomic E-state index is 14.3. The molecule has 41 heavy (non-hydrogen) atoms. The van der Waals surface area contributed by atoms with E-state index in [1.807, 2.05) is 6.07 Å². The van der Waals surface area contributed by atoms with Crippen LogP contribution in [0, 0.1) is 18.8 Å². The van der Waals surface area contributed by atoms with E-state index in [0.717, 1.165) is 28.0 Å². The predicted octanol–water partition coefficient (Wildman–Crippen LogP) is 5.72. The molecule has 0 fully saturated rings. The van der Waals surface area contributed by atoms with E-state index in [1.165, 1.54) is 24.3 Å². The van der Waals surface area contributed by atoms with Crippen molar-refractivity contribution < 1.29 is 23.9 Å². The molecular formula is C31H28ClFN4O4. The lowest BCUT2D eigenvalue weighted by molar-refractivity contribution is -0.118. The van der Waals surface area contributed by atoms with Crippen LogP contribution in [-0.2, 0) is 17.6 Å². The minimum atomic E-state index is -1.01. The van der Waals surface area contributed by atoms with Crippen molar-refractivity contribution in [2.45, 2.75) is 45.6 Å². The molecule has 0 saturated heterocycles. The molecule has 2 aromatic carbocycles. The fourth-order valence-electron chi connectivity index (χ4n) is 6.28. The van der Waals surface area contributed by atoms with Crippen molar-refractivity contribution in [2.24, 2.45) is 22.6 Å². The Balaban J connectivity index is 1.54. The van der Waals surface area contributed by atoms with Gasteiger partial charge in [0.05, 0.1) is 28.1 Å². The van der Waals surface area contributed by atoms with Gasteiger partial charge in [-0.1, -0.05) is 35.9 Å². The lowest BCUT2D eigenvalue weighted by Crippen LogP contribution is -2.47. The second kappa shape index (κ2) is 9.49. The number of aliphatic imine (C=N–C) groups is 1. The fourth-order valence-corrected chi connectivity index (χ4v) is 6.59. The number of allylic oxidation sites excluding steroid dienone is 3. The molecule has 0 spiro atoms. The molecule has 210 valence electrons. The number of anilines is 1. The van der Waals surface area contributed by atoms with Crippen molar-refractivity contribution in [3.8, 4) is 11.1 Å². The Hall–Kier alpha value is -4.08. The van der Waals surface area contributed by atoms with Gasteiger partial charge in [0.2, 0.25) is 5.91 Å². The number of aliphatic hydroxyl groups is 1. The van der Waals surface area contributed by atoms with Crippen LogP contribution >= 0.6 is 11.6 Å². The molecule has 4 amide bonds. The zero-order valence-corrected chi connectivity index (χ0v) is 23.5. The van der Waals surface area contributed by atoms with Gasteiger partial charge >= 0.3 is 6.03 Å². The molecule has 1 aliphatic heterocycles. The third kappa shape index (κ3) is 4.22. The van der Waals surface area contributed by atoms with Crippen LogP contribution in [-0.4, -0.2) is 39.2 Å². The monoisotopic (exact) mass is 574 g/mol. The topological polar surface area (TPSA) is 129 Å². The summed E-state index contributed by atoms with van der Waals surface area (Å²) in [5.41, 5.74) is 9.54. The van der Waals surface area contributed by atoms with Gasteiger partial charge < -0.3 is 15.8 Å². The minimum Gasteiger partial charge on any atom is -0.390 e. The lowest BCUT2D eigenvalue weighted by atomic mass is 9.77. The largest absolute Gasteiger partial charge is 0.390 e. The van der Waals surface area contributed by atoms with E-state index >= 15 is 0 Å². The second-order valence-corrected chi connectivity index (χ2v) is 11.8. The number of hydrogen-bond acceptors (Lipinski definition) is 4. The number of nitrogens with one attached hydrogen (secondary N) is 1. The number of primary amides is 1. The van der Waals surface area contributed by atoms with Crippen molar-refractivity contribution in [3.63, 3.8) is 0 Å². The number of benzene rings is 2. The van der Waals surface area contributed by atoms with Gasteiger partial charge in [-0.05, 0) is 80.9 Å². The average molecular weight is 575 g/mol. The highest BCUT2D eigenvalue weighted by atomic mass is 35.5. The predicted molar refractivity (Wildman–Crippen MR) is 156 cm³/mol. The number of aryl methyl sites for hydroxylation is 1. The number of nitrogens with two attached hydrogens (primary N) is 1. The van der Waals surface area contributed by atoms with Gasteiger partial charge in [0.25, 0.3) is 5.91 Å².